The van der Waals surface area contributed by atoms with Crippen LogP contribution in [0.4, 0.5) is 0 Å². The zero-order chi connectivity index (χ0) is 29.1. The number of hydrogen-bond donors (Lipinski definition) is 2. The van der Waals surface area contributed by atoms with Crippen LogP contribution in [0, 0.1) is 5.92 Å². The van der Waals surface area contributed by atoms with Gasteiger partial charge >= 0.3 is 11.9 Å². The Morgan fingerprint density at radius 1 is 0.900 bits per heavy atom. The molecule has 210 valence electrons. The number of aromatic amines is 1. The summed E-state index contributed by atoms with van der Waals surface area (Å²) in [7, 11) is 0. The van der Waals surface area contributed by atoms with Crippen molar-refractivity contribution in [1.29, 1.82) is 0 Å². The second-order valence-electron chi connectivity index (χ2n) is 8.10. The number of nitrogens with zero attached hydrogens (tertiary/aromatic N) is 2. The number of aliphatic imine (C=N–C) groups is 1. The lowest BCUT2D eigenvalue weighted by Crippen LogP contribution is -2.45. The first-order valence-corrected chi connectivity index (χ1v) is 14.8. The lowest BCUT2D eigenvalue weighted by Gasteiger charge is -2.27. The lowest BCUT2D eigenvalue weighted by molar-refractivity contribution is -0.153. The molecule has 0 fully saturated rings. The van der Waals surface area contributed by atoms with Crippen LogP contribution in [-0.4, -0.2) is 58.7 Å². The van der Waals surface area contributed by atoms with Crippen LogP contribution in [0.1, 0.15) is 35.8 Å². The number of aromatic nitrogens is 2. The van der Waals surface area contributed by atoms with E-state index in [4.69, 9.17) is 9.47 Å². The van der Waals surface area contributed by atoms with Crippen molar-refractivity contribution in [2.45, 2.75) is 25.0 Å². The van der Waals surface area contributed by atoms with Crippen LogP contribution >= 0.6 is 23.5 Å². The summed E-state index contributed by atoms with van der Waals surface area (Å²) in [6.07, 6.45) is 3.63. The van der Waals surface area contributed by atoms with Crippen molar-refractivity contribution < 1.29 is 23.9 Å². The average molecular weight is 583 g/mol. The summed E-state index contributed by atoms with van der Waals surface area (Å²) in [5.74, 6) is -2.50. The number of H-pyrrole nitrogens is 1. The number of ether oxygens (including phenoxy) is 2. The number of amidine groups is 1. The highest BCUT2D eigenvalue weighted by molar-refractivity contribution is 8.13. The molecule has 0 bridgehead atoms. The van der Waals surface area contributed by atoms with Gasteiger partial charge in [-0.1, -0.05) is 84.2 Å². The number of hydrogen-bond acceptors (Lipinski definition) is 10. The van der Waals surface area contributed by atoms with Gasteiger partial charge in [-0.25, -0.2) is 9.78 Å². The SMILES string of the molecule is CCOC(=O)C1C(=O)NC(SC)=NC1c1ccccc1.CCOC(=O)c1c(-c2ccccc2)nc(SC)[nH]c1=O. The average Bonchev–Trinajstić information content (AvgIpc) is 2.97. The van der Waals surface area contributed by atoms with Crippen molar-refractivity contribution in [3.63, 3.8) is 0 Å². The van der Waals surface area contributed by atoms with Gasteiger partial charge in [0.05, 0.1) is 18.9 Å². The van der Waals surface area contributed by atoms with Crippen LogP contribution in [0.3, 0.4) is 0 Å². The monoisotopic (exact) mass is 582 g/mol. The van der Waals surface area contributed by atoms with E-state index in [2.05, 4.69) is 20.3 Å². The first-order valence-electron chi connectivity index (χ1n) is 12.4. The molecule has 12 heteroatoms. The summed E-state index contributed by atoms with van der Waals surface area (Å²) in [6, 6.07) is 17.9. The van der Waals surface area contributed by atoms with Gasteiger partial charge in [-0.3, -0.25) is 19.4 Å². The Labute approximate surface area is 240 Å². The van der Waals surface area contributed by atoms with Gasteiger partial charge in [0.2, 0.25) is 5.91 Å². The van der Waals surface area contributed by atoms with E-state index in [9.17, 15) is 19.2 Å². The minimum absolute atomic E-state index is 0.0594. The molecule has 3 aromatic rings. The fourth-order valence-electron chi connectivity index (χ4n) is 3.80. The van der Waals surface area contributed by atoms with Crippen molar-refractivity contribution in [2.75, 3.05) is 25.7 Å². The van der Waals surface area contributed by atoms with Gasteiger partial charge in [-0.2, -0.15) is 0 Å². The van der Waals surface area contributed by atoms with Gasteiger partial charge in [0.25, 0.3) is 5.56 Å². The van der Waals surface area contributed by atoms with Crippen LogP contribution in [0.15, 0.2) is 75.6 Å². The van der Waals surface area contributed by atoms with Crippen molar-refractivity contribution in [3.05, 3.63) is 82.1 Å². The van der Waals surface area contributed by atoms with Gasteiger partial charge in [-0.15, -0.1) is 0 Å². The minimum atomic E-state index is -0.937. The Morgan fingerprint density at radius 3 is 2.10 bits per heavy atom. The van der Waals surface area contributed by atoms with Crippen LogP contribution in [0.5, 0.6) is 0 Å². The molecule has 2 aromatic carbocycles. The Balaban J connectivity index is 0.000000220. The summed E-state index contributed by atoms with van der Waals surface area (Å²) < 4.78 is 9.94. The second-order valence-corrected chi connectivity index (χ2v) is 9.69. The van der Waals surface area contributed by atoms with E-state index in [1.807, 2.05) is 54.8 Å². The molecule has 0 saturated heterocycles. The highest BCUT2D eigenvalue weighted by atomic mass is 32.2. The van der Waals surface area contributed by atoms with Gasteiger partial charge in [0.1, 0.15) is 6.04 Å². The molecule has 1 aliphatic rings. The molecule has 1 aromatic heterocycles. The third kappa shape index (κ3) is 7.60. The molecule has 10 nitrogen and oxygen atoms in total. The predicted molar refractivity (Wildman–Crippen MR) is 156 cm³/mol. The number of carbonyl (C=O) groups excluding carboxylic acids is 3. The van der Waals surface area contributed by atoms with Crippen LogP contribution < -0.4 is 10.9 Å². The molecular formula is C28H30N4O6S2. The Bertz CT molecular complexity index is 1410. The van der Waals surface area contributed by atoms with Gasteiger partial charge < -0.3 is 19.8 Å². The number of rotatable bonds is 7. The quantitative estimate of drug-likeness (QED) is 0.182. The molecule has 0 saturated carbocycles. The number of esters is 2. The standard InChI is InChI=1S/C14H16N2O3S.C14H14N2O3S/c2*1-3-19-13(18)10-11(9-7-5-4-6-8-9)15-14(20-2)16-12(10)17/h4-8,10-11H,3H2,1-2H3,(H,15,16,17);4-8H,3H2,1-2H3,(H,15,16,17). The highest BCUT2D eigenvalue weighted by Gasteiger charge is 2.40. The minimum Gasteiger partial charge on any atom is -0.465 e. The summed E-state index contributed by atoms with van der Waals surface area (Å²) >= 11 is 2.65. The molecule has 2 atom stereocenters. The molecule has 2 unspecified atom stereocenters. The van der Waals surface area contributed by atoms with Crippen LogP contribution in [-0.2, 0) is 19.1 Å². The van der Waals surface area contributed by atoms with Crippen molar-refractivity contribution in [1.82, 2.24) is 15.3 Å². The molecule has 2 N–H and O–H groups in total. The largest absolute Gasteiger partial charge is 0.465 e. The van der Waals surface area contributed by atoms with Crippen LogP contribution in [0.25, 0.3) is 11.3 Å². The van der Waals surface area contributed by atoms with Crippen LogP contribution in [0.2, 0.25) is 0 Å². The lowest BCUT2D eigenvalue weighted by atomic mass is 9.92. The van der Waals surface area contributed by atoms with E-state index in [0.717, 1.165) is 5.56 Å². The first-order chi connectivity index (χ1) is 19.3. The van der Waals surface area contributed by atoms with E-state index < -0.39 is 29.5 Å². The van der Waals surface area contributed by atoms with Crippen molar-refractivity contribution >= 4 is 46.5 Å². The summed E-state index contributed by atoms with van der Waals surface area (Å²) in [4.78, 5) is 59.6. The number of benzene rings is 2. The molecule has 1 aliphatic heterocycles. The maximum Gasteiger partial charge on any atom is 0.346 e. The molecule has 0 spiro atoms. The molecule has 1 amide bonds. The summed E-state index contributed by atoms with van der Waals surface area (Å²) in [5, 5.41) is 3.61. The summed E-state index contributed by atoms with van der Waals surface area (Å²) in [5.41, 5.74) is 1.33. The molecule has 4 rings (SSSR count). The molecule has 0 radical (unpaired) electrons. The van der Waals surface area contributed by atoms with Gasteiger partial charge in [0.15, 0.2) is 21.8 Å². The Hall–Kier alpha value is -3.90. The van der Waals surface area contributed by atoms with E-state index in [1.54, 1.807) is 32.2 Å². The number of carbonyl (C=O) groups is 3. The third-order valence-corrected chi connectivity index (χ3v) is 6.75. The van der Waals surface area contributed by atoms with E-state index >= 15 is 0 Å². The smallest absolute Gasteiger partial charge is 0.346 e. The zero-order valence-electron chi connectivity index (χ0n) is 22.5. The van der Waals surface area contributed by atoms with E-state index in [1.165, 1.54) is 23.5 Å². The second kappa shape index (κ2) is 15.0. The maximum atomic E-state index is 12.2. The highest BCUT2D eigenvalue weighted by Crippen LogP contribution is 2.31. The molecular weight excluding hydrogens is 552 g/mol. The van der Waals surface area contributed by atoms with Crippen molar-refractivity contribution in [3.8, 4) is 11.3 Å². The number of nitrogens with one attached hydrogen (secondary N) is 2. The number of thioether (sulfide) groups is 2. The maximum absolute atomic E-state index is 12.2. The first kappa shape index (κ1) is 30.6. The normalized spacial score (nSPS) is 16.1. The number of amides is 1. The fourth-order valence-corrected chi connectivity index (χ4v) is 4.59. The van der Waals surface area contributed by atoms with Gasteiger partial charge in [0, 0.05) is 5.56 Å². The van der Waals surface area contributed by atoms with Crippen molar-refractivity contribution in [2.24, 2.45) is 10.9 Å². The Kier molecular flexibility index (Phi) is 11.5. The summed E-state index contributed by atoms with van der Waals surface area (Å²) in [6.45, 7) is 3.85. The zero-order valence-corrected chi connectivity index (χ0v) is 24.1. The van der Waals surface area contributed by atoms with E-state index in [-0.39, 0.29) is 24.7 Å². The topological polar surface area (TPSA) is 140 Å². The molecule has 2 heterocycles. The fraction of sp³-hybridized carbons (Fsp3) is 0.286. The molecule has 40 heavy (non-hydrogen) atoms. The van der Waals surface area contributed by atoms with E-state index in [0.29, 0.717) is 21.6 Å². The Morgan fingerprint density at radius 2 is 1.52 bits per heavy atom. The van der Waals surface area contributed by atoms with Gasteiger partial charge in [-0.05, 0) is 31.9 Å². The molecule has 0 aliphatic carbocycles. The predicted octanol–water partition coefficient (Wildman–Crippen LogP) is 4.09. The third-order valence-electron chi connectivity index (χ3n) is 5.58.